The number of aryl methyl sites for hydroxylation is 2. The summed E-state index contributed by atoms with van der Waals surface area (Å²) in [6.07, 6.45) is 3.04. The number of nitrogens with one attached hydrogen (secondary N) is 1. The highest BCUT2D eigenvalue weighted by molar-refractivity contribution is 7.92. The van der Waals surface area contributed by atoms with Crippen molar-refractivity contribution >= 4 is 27.8 Å². The fourth-order valence-electron chi connectivity index (χ4n) is 3.89. The Balaban J connectivity index is 1.88. The molecule has 3 aromatic carbocycles. The summed E-state index contributed by atoms with van der Waals surface area (Å²) < 4.78 is 50.1. The van der Waals surface area contributed by atoms with E-state index in [1.165, 1.54) is 45.7 Å². The molecule has 0 saturated heterocycles. The molecule has 0 fully saturated rings. The third-order valence-corrected chi connectivity index (χ3v) is 7.44. The fraction of sp³-hybridized carbons (Fsp3) is 0.241. The molecule has 0 bridgehead atoms. The molecule has 11 heteroatoms. The Morgan fingerprint density at radius 3 is 2.15 bits per heavy atom. The lowest BCUT2D eigenvalue weighted by molar-refractivity contribution is -0.119. The monoisotopic (exact) mass is 567 g/mol. The molecule has 0 heterocycles. The molecule has 0 unspecified atom stereocenters. The Morgan fingerprint density at radius 2 is 1.52 bits per heavy atom. The maximum absolute atomic E-state index is 13.8. The minimum atomic E-state index is -4.19. The van der Waals surface area contributed by atoms with Gasteiger partial charge in [0.2, 0.25) is 0 Å². The van der Waals surface area contributed by atoms with Crippen molar-refractivity contribution in [2.24, 2.45) is 5.10 Å². The highest BCUT2D eigenvalue weighted by Crippen LogP contribution is 2.33. The predicted molar refractivity (Wildman–Crippen MR) is 154 cm³/mol. The number of hydrogen-bond acceptors (Lipinski definition) is 8. The molecule has 0 aromatic heterocycles. The smallest absolute Gasteiger partial charge is 0.264 e. The third kappa shape index (κ3) is 7.32. The van der Waals surface area contributed by atoms with E-state index in [2.05, 4.69) is 17.1 Å². The number of hydrazone groups is 1. The van der Waals surface area contributed by atoms with Crippen LogP contribution in [0.2, 0.25) is 0 Å². The van der Waals surface area contributed by atoms with Gasteiger partial charge in [-0.05, 0) is 73.0 Å². The molecule has 1 amide bonds. The van der Waals surface area contributed by atoms with Crippen LogP contribution in [0.5, 0.6) is 23.0 Å². The lowest BCUT2D eigenvalue weighted by Gasteiger charge is -2.25. The molecule has 0 aliphatic rings. The fourth-order valence-corrected chi connectivity index (χ4v) is 5.31. The van der Waals surface area contributed by atoms with E-state index in [-0.39, 0.29) is 10.6 Å². The van der Waals surface area contributed by atoms with E-state index in [0.717, 1.165) is 15.4 Å². The molecule has 0 radical (unpaired) electrons. The Labute approximate surface area is 234 Å². The Morgan fingerprint density at radius 1 is 0.900 bits per heavy atom. The molecule has 0 aliphatic heterocycles. The maximum atomic E-state index is 13.8. The molecular weight excluding hydrogens is 534 g/mol. The molecule has 40 heavy (non-hydrogen) atoms. The van der Waals surface area contributed by atoms with E-state index in [1.807, 2.05) is 19.9 Å². The van der Waals surface area contributed by atoms with Crippen molar-refractivity contribution in [2.45, 2.75) is 18.7 Å². The number of carbonyl (C=O) groups is 1. The average Bonchev–Trinajstić information content (AvgIpc) is 2.93. The molecule has 0 atom stereocenters. The van der Waals surface area contributed by atoms with Crippen LogP contribution in [0.25, 0.3) is 0 Å². The number of methoxy groups -OCH3 is 3. The van der Waals surface area contributed by atoms with Gasteiger partial charge in [0.1, 0.15) is 13.2 Å². The van der Waals surface area contributed by atoms with Gasteiger partial charge in [0.15, 0.2) is 23.0 Å². The van der Waals surface area contributed by atoms with Crippen LogP contribution in [0.1, 0.15) is 16.7 Å². The second-order valence-electron chi connectivity index (χ2n) is 8.68. The van der Waals surface area contributed by atoms with Crippen molar-refractivity contribution in [3.05, 3.63) is 83.9 Å². The van der Waals surface area contributed by atoms with E-state index in [1.54, 1.807) is 36.4 Å². The second-order valence-corrected chi connectivity index (χ2v) is 10.5. The maximum Gasteiger partial charge on any atom is 0.264 e. The topological polar surface area (TPSA) is 116 Å². The highest BCUT2D eigenvalue weighted by atomic mass is 32.2. The van der Waals surface area contributed by atoms with Gasteiger partial charge >= 0.3 is 0 Å². The predicted octanol–water partition coefficient (Wildman–Crippen LogP) is 4.24. The molecular formula is C29H33N3O7S. The molecule has 0 saturated carbocycles. The minimum absolute atomic E-state index is 0.0635. The van der Waals surface area contributed by atoms with E-state index in [0.29, 0.717) is 35.1 Å². The van der Waals surface area contributed by atoms with Crippen molar-refractivity contribution in [3.8, 4) is 23.0 Å². The first-order valence-corrected chi connectivity index (χ1v) is 13.6. The number of rotatable bonds is 13. The van der Waals surface area contributed by atoms with Crippen molar-refractivity contribution in [1.29, 1.82) is 0 Å². The van der Waals surface area contributed by atoms with Crippen LogP contribution in [0.4, 0.5) is 5.69 Å². The summed E-state index contributed by atoms with van der Waals surface area (Å²) in [6, 6.07) is 14.7. The van der Waals surface area contributed by atoms with Gasteiger partial charge in [0.25, 0.3) is 15.9 Å². The second kappa shape index (κ2) is 13.5. The molecule has 3 aromatic rings. The lowest BCUT2D eigenvalue weighted by atomic mass is 10.1. The molecule has 0 aliphatic carbocycles. The van der Waals surface area contributed by atoms with Gasteiger partial charge in [-0.1, -0.05) is 18.7 Å². The van der Waals surface area contributed by atoms with Crippen molar-refractivity contribution < 1.29 is 32.2 Å². The van der Waals surface area contributed by atoms with Crippen LogP contribution in [-0.2, 0) is 14.8 Å². The number of carbonyl (C=O) groups excluding carboxylic acids is 1. The molecule has 10 nitrogen and oxygen atoms in total. The zero-order valence-corrected chi connectivity index (χ0v) is 23.9. The molecule has 212 valence electrons. The largest absolute Gasteiger partial charge is 0.493 e. The zero-order chi connectivity index (χ0) is 29.3. The number of sulfonamides is 1. The quantitative estimate of drug-likeness (QED) is 0.187. The Kier molecular flexibility index (Phi) is 10.2. The summed E-state index contributed by atoms with van der Waals surface area (Å²) in [4.78, 5) is 12.9. The Bertz CT molecular complexity index is 1480. The van der Waals surface area contributed by atoms with Crippen molar-refractivity contribution in [1.82, 2.24) is 5.43 Å². The molecule has 0 spiro atoms. The van der Waals surface area contributed by atoms with Crippen molar-refractivity contribution in [2.75, 3.05) is 38.8 Å². The number of amides is 1. The number of anilines is 1. The van der Waals surface area contributed by atoms with E-state index in [4.69, 9.17) is 18.9 Å². The van der Waals surface area contributed by atoms with Gasteiger partial charge in [-0.3, -0.25) is 9.10 Å². The number of nitrogens with zero attached hydrogens (tertiary/aromatic N) is 2. The van der Waals surface area contributed by atoms with Crippen LogP contribution in [0, 0.1) is 13.8 Å². The number of ether oxygens (including phenoxy) is 4. The van der Waals surface area contributed by atoms with Gasteiger partial charge < -0.3 is 18.9 Å². The van der Waals surface area contributed by atoms with Crippen LogP contribution >= 0.6 is 0 Å². The molecule has 1 N–H and O–H groups in total. The highest BCUT2D eigenvalue weighted by Gasteiger charge is 2.28. The summed E-state index contributed by atoms with van der Waals surface area (Å²) in [5, 5.41) is 4.00. The van der Waals surface area contributed by atoms with Crippen molar-refractivity contribution in [3.63, 3.8) is 0 Å². The standard InChI is InChI=1S/C29H33N3O7S/c1-7-12-39-26-10-8-22(16-27(26)37-5)18-30-31-29(33)19-32(23-14-20(2)13-21(3)15-23)40(34,35)24-9-11-25(36-4)28(17-24)38-6/h7-11,13-18H,1,12,19H2,2-6H3,(H,31,33)/b30-18-. The van der Waals surface area contributed by atoms with Crippen LogP contribution in [0.3, 0.4) is 0 Å². The van der Waals surface area contributed by atoms with E-state index in [9.17, 15) is 13.2 Å². The first kappa shape index (κ1) is 30.0. The van der Waals surface area contributed by atoms with Crippen LogP contribution < -0.4 is 28.7 Å². The Hall–Kier alpha value is -4.51. The third-order valence-electron chi connectivity index (χ3n) is 5.67. The van der Waals surface area contributed by atoms with Gasteiger partial charge in [-0.15, -0.1) is 0 Å². The average molecular weight is 568 g/mol. The summed E-state index contributed by atoms with van der Waals surface area (Å²) in [5.41, 5.74) is 5.06. The van der Waals surface area contributed by atoms with Gasteiger partial charge in [0.05, 0.1) is 38.1 Å². The van der Waals surface area contributed by atoms with Crippen LogP contribution in [0.15, 0.2) is 77.2 Å². The van der Waals surface area contributed by atoms with Gasteiger partial charge in [0, 0.05) is 6.07 Å². The van der Waals surface area contributed by atoms with Gasteiger partial charge in [-0.2, -0.15) is 5.10 Å². The van der Waals surface area contributed by atoms with E-state index >= 15 is 0 Å². The lowest BCUT2D eigenvalue weighted by Crippen LogP contribution is -2.39. The summed E-state index contributed by atoms with van der Waals surface area (Å²) in [6.45, 7) is 7.13. The summed E-state index contributed by atoms with van der Waals surface area (Å²) in [7, 11) is 0.195. The summed E-state index contributed by atoms with van der Waals surface area (Å²) >= 11 is 0. The zero-order valence-electron chi connectivity index (χ0n) is 23.1. The molecule has 3 rings (SSSR count). The summed E-state index contributed by atoms with van der Waals surface area (Å²) in [5.74, 6) is 1.00. The normalized spacial score (nSPS) is 11.1. The number of hydrogen-bond donors (Lipinski definition) is 1. The SMILES string of the molecule is C=CCOc1ccc(/C=N\NC(=O)CN(c2cc(C)cc(C)c2)S(=O)(=O)c2ccc(OC)c(OC)c2)cc1OC. The van der Waals surface area contributed by atoms with E-state index < -0.39 is 22.5 Å². The first-order valence-electron chi connectivity index (χ1n) is 12.2. The van der Waals surface area contributed by atoms with Gasteiger partial charge in [-0.25, -0.2) is 13.8 Å². The minimum Gasteiger partial charge on any atom is -0.493 e. The van der Waals surface area contributed by atoms with Crippen LogP contribution in [-0.4, -0.2) is 55.0 Å². The number of benzene rings is 3. The first-order chi connectivity index (χ1) is 19.1.